The predicted molar refractivity (Wildman–Crippen MR) is 143 cm³/mol. The van der Waals surface area contributed by atoms with E-state index in [9.17, 15) is 33.1 Å². The van der Waals surface area contributed by atoms with E-state index in [1.165, 1.54) is 9.80 Å². The number of carboxylic acid groups (broad SMARTS) is 1. The Kier molecular flexibility index (Phi) is 7.30. The van der Waals surface area contributed by atoms with Crippen molar-refractivity contribution in [2.24, 2.45) is 0 Å². The maximum Gasteiger partial charge on any atom is 0.408 e. The van der Waals surface area contributed by atoms with Gasteiger partial charge in [-0.25, -0.2) is 18.4 Å². The van der Waals surface area contributed by atoms with Gasteiger partial charge in [-0.1, -0.05) is 11.6 Å². The van der Waals surface area contributed by atoms with Crippen LogP contribution in [0.2, 0.25) is 5.02 Å². The van der Waals surface area contributed by atoms with Crippen molar-refractivity contribution in [1.29, 1.82) is 0 Å². The van der Waals surface area contributed by atoms with Crippen LogP contribution in [0.4, 0.5) is 29.7 Å². The highest BCUT2D eigenvalue weighted by atomic mass is 35.5. The van der Waals surface area contributed by atoms with Gasteiger partial charge in [-0.2, -0.15) is 0 Å². The van der Waals surface area contributed by atoms with Gasteiger partial charge in [0.1, 0.15) is 11.6 Å². The van der Waals surface area contributed by atoms with E-state index in [4.69, 9.17) is 11.6 Å². The van der Waals surface area contributed by atoms with Crippen molar-refractivity contribution in [2.45, 2.75) is 37.8 Å². The van der Waals surface area contributed by atoms with E-state index in [1.54, 1.807) is 35.0 Å². The molecular formula is C27H28ClF2N5O5. The van der Waals surface area contributed by atoms with Crippen molar-refractivity contribution < 1.29 is 33.1 Å². The number of aryl methyl sites for hydroxylation is 1. The molecule has 2 N–H and O–H groups in total. The normalized spacial score (nSPS) is 19.6. The number of carbonyl (C=O) groups is 4. The van der Waals surface area contributed by atoms with Crippen molar-refractivity contribution in [3.63, 3.8) is 0 Å². The van der Waals surface area contributed by atoms with E-state index in [-0.39, 0.29) is 56.3 Å². The van der Waals surface area contributed by atoms with Crippen molar-refractivity contribution in [2.75, 3.05) is 43.0 Å². The van der Waals surface area contributed by atoms with E-state index in [2.05, 4.69) is 5.32 Å². The molecule has 212 valence electrons. The number of likely N-dealkylation sites (tertiary alicyclic amines) is 1. The minimum Gasteiger partial charge on any atom is -0.465 e. The van der Waals surface area contributed by atoms with Crippen LogP contribution in [0.5, 0.6) is 0 Å². The van der Waals surface area contributed by atoms with Gasteiger partial charge in [0.15, 0.2) is 0 Å². The first-order valence-electron chi connectivity index (χ1n) is 12.8. The number of urea groups is 1. The van der Waals surface area contributed by atoms with Crippen LogP contribution in [0, 0.1) is 18.6 Å². The SMILES string of the molecule is Cc1cc(Cl)ccc1N(C)C(=O)N1CC(N(C(=O)O)C2CN(c3cc(F)c(C4CCC(=O)NC4=O)c(F)c3)C2)C1. The number of piperidine rings is 1. The zero-order valence-electron chi connectivity index (χ0n) is 21.9. The summed E-state index contributed by atoms with van der Waals surface area (Å²) in [5.74, 6) is -4.08. The van der Waals surface area contributed by atoms with Gasteiger partial charge in [-0.15, -0.1) is 0 Å². The van der Waals surface area contributed by atoms with E-state index in [1.807, 2.05) is 6.92 Å². The lowest BCUT2D eigenvalue weighted by molar-refractivity contribution is -0.134. The summed E-state index contributed by atoms with van der Waals surface area (Å²) in [5.41, 5.74) is 1.39. The van der Waals surface area contributed by atoms with E-state index in [0.29, 0.717) is 10.7 Å². The molecule has 10 nitrogen and oxygen atoms in total. The van der Waals surface area contributed by atoms with E-state index >= 15 is 0 Å². The lowest BCUT2D eigenvalue weighted by atomic mass is 9.89. The lowest BCUT2D eigenvalue weighted by Crippen LogP contribution is -2.71. The molecule has 3 heterocycles. The summed E-state index contributed by atoms with van der Waals surface area (Å²) in [4.78, 5) is 54.6. The third kappa shape index (κ3) is 5.03. The minimum absolute atomic E-state index is 0.00286. The second-order valence-electron chi connectivity index (χ2n) is 10.4. The highest BCUT2D eigenvalue weighted by Gasteiger charge is 2.45. The Hall–Kier alpha value is -3.93. The van der Waals surface area contributed by atoms with Gasteiger partial charge in [0.2, 0.25) is 11.8 Å². The molecule has 3 aliphatic rings. The van der Waals surface area contributed by atoms with E-state index < -0.39 is 47.5 Å². The second kappa shape index (κ2) is 10.6. The highest BCUT2D eigenvalue weighted by molar-refractivity contribution is 6.30. The Balaban J connectivity index is 1.20. The fourth-order valence-electron chi connectivity index (χ4n) is 5.61. The quantitative estimate of drug-likeness (QED) is 0.527. The summed E-state index contributed by atoms with van der Waals surface area (Å²) in [6.07, 6.45) is -1.11. The van der Waals surface area contributed by atoms with Crippen molar-refractivity contribution in [3.05, 3.63) is 58.1 Å². The number of nitrogens with one attached hydrogen (secondary N) is 1. The van der Waals surface area contributed by atoms with Crippen LogP contribution in [0.3, 0.4) is 0 Å². The smallest absolute Gasteiger partial charge is 0.408 e. The molecule has 5 rings (SSSR count). The number of anilines is 2. The Labute approximate surface area is 234 Å². The number of rotatable bonds is 5. The van der Waals surface area contributed by atoms with Crippen LogP contribution >= 0.6 is 11.6 Å². The Bertz CT molecular complexity index is 1370. The lowest BCUT2D eigenvalue weighted by Gasteiger charge is -2.52. The third-order valence-corrected chi connectivity index (χ3v) is 8.06. The molecule has 2 aromatic rings. The average molecular weight is 576 g/mol. The third-order valence-electron chi connectivity index (χ3n) is 7.83. The largest absolute Gasteiger partial charge is 0.465 e. The minimum atomic E-state index is -1.13. The summed E-state index contributed by atoms with van der Waals surface area (Å²) in [7, 11) is 1.65. The van der Waals surface area contributed by atoms with Crippen LogP contribution in [0.25, 0.3) is 0 Å². The molecule has 5 amide bonds. The molecule has 0 aromatic heterocycles. The second-order valence-corrected chi connectivity index (χ2v) is 10.8. The number of benzene rings is 2. The summed E-state index contributed by atoms with van der Waals surface area (Å²) in [5, 5.41) is 12.6. The molecule has 0 aliphatic carbocycles. The molecule has 13 heteroatoms. The first-order valence-corrected chi connectivity index (χ1v) is 13.2. The number of nitrogens with zero attached hydrogens (tertiary/aromatic N) is 4. The predicted octanol–water partition coefficient (Wildman–Crippen LogP) is 3.56. The molecule has 1 unspecified atom stereocenters. The Morgan fingerprint density at radius 3 is 2.25 bits per heavy atom. The van der Waals surface area contributed by atoms with Gasteiger partial charge in [0.25, 0.3) is 0 Å². The Morgan fingerprint density at radius 1 is 1.05 bits per heavy atom. The maximum absolute atomic E-state index is 14.9. The van der Waals surface area contributed by atoms with Gasteiger partial charge in [-0.3, -0.25) is 24.7 Å². The molecule has 2 aromatic carbocycles. The fraction of sp³-hybridized carbons (Fsp3) is 0.407. The molecule has 3 aliphatic heterocycles. The van der Waals surface area contributed by atoms with Crippen LogP contribution in [0.1, 0.15) is 29.9 Å². The van der Waals surface area contributed by atoms with E-state index in [0.717, 1.165) is 17.7 Å². The Morgan fingerprint density at radius 2 is 1.68 bits per heavy atom. The van der Waals surface area contributed by atoms with Gasteiger partial charge in [0, 0.05) is 61.6 Å². The van der Waals surface area contributed by atoms with Gasteiger partial charge >= 0.3 is 12.1 Å². The average Bonchev–Trinajstić information content (AvgIpc) is 2.81. The number of halogens is 3. The number of carbonyl (C=O) groups excluding carboxylic acids is 3. The highest BCUT2D eigenvalue weighted by Crippen LogP contribution is 2.35. The maximum atomic E-state index is 14.9. The molecule has 0 saturated carbocycles. The number of imide groups is 1. The van der Waals surface area contributed by atoms with Crippen molar-refractivity contribution >= 4 is 46.9 Å². The number of amides is 5. The fourth-order valence-corrected chi connectivity index (χ4v) is 5.83. The first kappa shape index (κ1) is 27.6. The molecule has 40 heavy (non-hydrogen) atoms. The first-order chi connectivity index (χ1) is 18.9. The van der Waals surface area contributed by atoms with Crippen molar-refractivity contribution in [3.8, 4) is 0 Å². The van der Waals surface area contributed by atoms with Gasteiger partial charge in [0.05, 0.1) is 18.0 Å². The summed E-state index contributed by atoms with van der Waals surface area (Å²) >= 11 is 6.01. The topological polar surface area (TPSA) is 114 Å². The number of hydrogen-bond donors (Lipinski definition) is 2. The molecule has 0 bridgehead atoms. The van der Waals surface area contributed by atoms with Gasteiger partial charge < -0.3 is 14.9 Å². The number of hydrogen-bond acceptors (Lipinski definition) is 5. The zero-order chi connectivity index (χ0) is 28.9. The summed E-state index contributed by atoms with van der Waals surface area (Å²) in [6, 6.07) is 6.37. The van der Waals surface area contributed by atoms with Crippen LogP contribution in [-0.2, 0) is 9.59 Å². The van der Waals surface area contributed by atoms with Crippen LogP contribution < -0.4 is 15.1 Å². The molecule has 3 saturated heterocycles. The standard InChI is InChI=1S/C27H28ClF2N5O5/c1-14-7-15(28)3-5-22(14)32(2)26(38)34-12-18(13-34)35(27(39)40)17-10-33(11-17)16-8-20(29)24(21(30)9-16)19-4-6-23(36)31-25(19)37/h3,5,7-9,17-19H,4,6,10-13H2,1-2H3,(H,39,40)(H,31,36,37). The van der Waals surface area contributed by atoms with Crippen LogP contribution in [0.15, 0.2) is 30.3 Å². The molecular weight excluding hydrogens is 548 g/mol. The monoisotopic (exact) mass is 575 g/mol. The summed E-state index contributed by atoms with van der Waals surface area (Å²) < 4.78 is 29.9. The molecule has 3 fully saturated rings. The summed E-state index contributed by atoms with van der Waals surface area (Å²) in [6.45, 7) is 2.73. The molecule has 0 spiro atoms. The zero-order valence-corrected chi connectivity index (χ0v) is 22.6. The van der Waals surface area contributed by atoms with Gasteiger partial charge in [-0.05, 0) is 49.2 Å². The van der Waals surface area contributed by atoms with Crippen molar-refractivity contribution in [1.82, 2.24) is 15.1 Å². The molecule has 0 radical (unpaired) electrons. The van der Waals surface area contributed by atoms with Crippen LogP contribution in [-0.4, -0.2) is 84.2 Å². The molecule has 1 atom stereocenters.